The van der Waals surface area contributed by atoms with Gasteiger partial charge in [-0.3, -0.25) is 9.59 Å². The Kier molecular flexibility index (Phi) is 14.2. The van der Waals surface area contributed by atoms with E-state index in [1.54, 1.807) is 18.3 Å². The number of hydrogen-bond donors (Lipinski definition) is 4. The Morgan fingerprint density at radius 3 is 1.75 bits per heavy atom. The lowest BCUT2D eigenvalue weighted by molar-refractivity contribution is -0.137. The predicted octanol–water partition coefficient (Wildman–Crippen LogP) is 8.45. The molecule has 1 aromatic heterocycles. The first-order valence-electron chi connectivity index (χ1n) is 18.2. The maximum atomic E-state index is 12.6. The van der Waals surface area contributed by atoms with Crippen LogP contribution in [-0.2, 0) is 19.0 Å². The van der Waals surface area contributed by atoms with E-state index in [9.17, 15) is 22.8 Å². The summed E-state index contributed by atoms with van der Waals surface area (Å²) in [7, 11) is 0. The molecule has 3 heterocycles. The minimum atomic E-state index is -4.40. The summed E-state index contributed by atoms with van der Waals surface area (Å²) in [5.41, 5.74) is 3.70. The second kappa shape index (κ2) is 19.2. The van der Waals surface area contributed by atoms with Gasteiger partial charge in [-0.1, -0.05) is 30.7 Å². The Bertz CT molecular complexity index is 1680. The number of benzene rings is 3. The number of ether oxygens (including phenoxy) is 1. The fraction of sp³-hybridized carbons (Fsp3) is 0.390. The molecule has 0 bridgehead atoms. The van der Waals surface area contributed by atoms with Crippen molar-refractivity contribution >= 4 is 23.2 Å². The van der Waals surface area contributed by atoms with Gasteiger partial charge >= 0.3 is 6.18 Å². The van der Waals surface area contributed by atoms with E-state index in [4.69, 9.17) is 4.74 Å². The predicted molar refractivity (Wildman–Crippen MR) is 199 cm³/mol. The molecule has 276 valence electrons. The molecular weight excluding hydrogens is 667 g/mol. The zero-order valence-corrected chi connectivity index (χ0v) is 29.6. The highest BCUT2D eigenvalue weighted by Gasteiger charge is 2.30. The molecule has 2 saturated heterocycles. The quantitative estimate of drug-likeness (QED) is 0.117. The number of pyridine rings is 1. The third-order valence-electron chi connectivity index (χ3n) is 9.32. The van der Waals surface area contributed by atoms with E-state index in [0.29, 0.717) is 35.8 Å². The summed E-state index contributed by atoms with van der Waals surface area (Å²) in [6, 6.07) is 24.5. The van der Waals surface area contributed by atoms with Crippen LogP contribution >= 0.6 is 0 Å². The van der Waals surface area contributed by atoms with Gasteiger partial charge in [0.25, 0.3) is 11.8 Å². The summed E-state index contributed by atoms with van der Waals surface area (Å²) in [6.45, 7) is 4.74. The molecule has 8 nitrogen and oxygen atoms in total. The van der Waals surface area contributed by atoms with Gasteiger partial charge in [0.1, 0.15) is 11.4 Å². The molecule has 2 fully saturated rings. The monoisotopic (exact) mass is 715 g/mol. The third-order valence-corrected chi connectivity index (χ3v) is 9.32. The Morgan fingerprint density at radius 2 is 1.29 bits per heavy atom. The second-order valence-electron chi connectivity index (χ2n) is 13.2. The van der Waals surface area contributed by atoms with Crippen molar-refractivity contribution in [1.82, 2.24) is 15.6 Å². The molecule has 0 spiro atoms. The number of alkyl halides is 3. The van der Waals surface area contributed by atoms with Crippen molar-refractivity contribution in [2.75, 3.05) is 30.3 Å². The van der Waals surface area contributed by atoms with E-state index in [2.05, 4.69) is 38.4 Å². The average molecular weight is 716 g/mol. The van der Waals surface area contributed by atoms with E-state index in [1.807, 2.05) is 43.3 Å². The van der Waals surface area contributed by atoms with Crippen LogP contribution in [0.1, 0.15) is 89.4 Å². The molecule has 3 aromatic carbocycles. The summed E-state index contributed by atoms with van der Waals surface area (Å²) in [5.74, 6) is 0.0222. The molecule has 11 heteroatoms. The van der Waals surface area contributed by atoms with Crippen LogP contribution < -0.4 is 26.0 Å². The highest BCUT2D eigenvalue weighted by atomic mass is 19.4. The molecule has 6 rings (SSSR count). The number of anilines is 2. The molecule has 0 radical (unpaired) electrons. The average Bonchev–Trinajstić information content (AvgIpc) is 3.69. The lowest BCUT2D eigenvalue weighted by Crippen LogP contribution is -2.34. The zero-order valence-electron chi connectivity index (χ0n) is 29.6. The maximum Gasteiger partial charge on any atom is 0.416 e. The molecule has 4 aromatic rings. The largest absolute Gasteiger partial charge is 0.492 e. The summed E-state index contributed by atoms with van der Waals surface area (Å²) >= 11 is 0. The number of piperidine rings is 1. The molecular formula is C41H48F3N5O3. The third kappa shape index (κ3) is 12.2. The van der Waals surface area contributed by atoms with Gasteiger partial charge in [0.2, 0.25) is 0 Å². The number of aryl methyl sites for hydroxylation is 2. The molecule has 2 atom stereocenters. The number of amides is 2. The zero-order chi connectivity index (χ0) is 36.8. The van der Waals surface area contributed by atoms with E-state index in [-0.39, 0.29) is 11.5 Å². The minimum Gasteiger partial charge on any atom is -0.492 e. The van der Waals surface area contributed by atoms with E-state index >= 15 is 0 Å². The van der Waals surface area contributed by atoms with E-state index in [0.717, 1.165) is 50.2 Å². The van der Waals surface area contributed by atoms with Crippen molar-refractivity contribution in [3.05, 3.63) is 119 Å². The molecule has 2 amide bonds. The minimum absolute atomic E-state index is 0.190. The van der Waals surface area contributed by atoms with Gasteiger partial charge in [-0.2, -0.15) is 13.2 Å². The first-order valence-corrected chi connectivity index (χ1v) is 18.2. The number of rotatable bonds is 12. The molecule has 2 aliphatic rings. The Labute approximate surface area is 304 Å². The van der Waals surface area contributed by atoms with E-state index in [1.165, 1.54) is 61.8 Å². The second-order valence-corrected chi connectivity index (χ2v) is 13.2. The summed E-state index contributed by atoms with van der Waals surface area (Å²) in [6.07, 6.45) is 7.79. The smallest absolute Gasteiger partial charge is 0.416 e. The standard InChI is InChI=1S/C21H23F3N2O.C20H25N3O2/c22-21(23,24)17-9-7-16(8-10-17)20(27)26-19-12-5-15(6-13-19)4-11-18-3-1-2-14-25-18;1-2-25-18-11-12-19(22-14-18)20(24)23-17-9-6-15(7-10-17)5-8-16-4-3-13-21-16/h5-10,12-13,18,25H,1-4,11,14H2,(H,26,27);6-7,9-12,14,16,21H,2-5,8,13H2,1H3,(H,23,24). The van der Waals surface area contributed by atoms with Crippen LogP contribution in [0.3, 0.4) is 0 Å². The first-order chi connectivity index (χ1) is 25.2. The van der Waals surface area contributed by atoms with Crippen molar-refractivity contribution < 1.29 is 27.5 Å². The number of nitrogens with zero attached hydrogens (tertiary/aromatic N) is 1. The number of aromatic nitrogens is 1. The number of carbonyl (C=O) groups is 2. The highest BCUT2D eigenvalue weighted by molar-refractivity contribution is 6.04. The van der Waals surface area contributed by atoms with Crippen LogP contribution in [0.25, 0.3) is 0 Å². The summed E-state index contributed by atoms with van der Waals surface area (Å²) in [4.78, 5) is 28.6. The van der Waals surface area contributed by atoms with Gasteiger partial charge in [0.05, 0.1) is 18.4 Å². The van der Waals surface area contributed by atoms with Gasteiger partial charge in [-0.05, 0) is 143 Å². The topological polar surface area (TPSA) is 104 Å². The van der Waals surface area contributed by atoms with E-state index < -0.39 is 17.6 Å². The maximum absolute atomic E-state index is 12.6. The Balaban J connectivity index is 0.000000202. The lowest BCUT2D eigenvalue weighted by atomic mass is 9.98. The van der Waals surface area contributed by atoms with Gasteiger partial charge in [-0.25, -0.2) is 4.98 Å². The van der Waals surface area contributed by atoms with Crippen molar-refractivity contribution in [1.29, 1.82) is 0 Å². The Morgan fingerprint density at radius 1 is 0.731 bits per heavy atom. The Hall–Kier alpha value is -4.74. The number of halogens is 3. The highest BCUT2D eigenvalue weighted by Crippen LogP contribution is 2.29. The van der Waals surface area contributed by atoms with Gasteiger partial charge < -0.3 is 26.0 Å². The summed E-state index contributed by atoms with van der Waals surface area (Å²) in [5, 5.41) is 12.6. The van der Waals surface area contributed by atoms with Gasteiger partial charge in [-0.15, -0.1) is 0 Å². The molecule has 2 aliphatic heterocycles. The normalized spacial score (nSPS) is 17.1. The van der Waals surface area contributed by atoms with Crippen LogP contribution in [0.15, 0.2) is 91.1 Å². The molecule has 0 saturated carbocycles. The van der Waals surface area contributed by atoms with Gasteiger partial charge in [0.15, 0.2) is 0 Å². The van der Waals surface area contributed by atoms with Crippen molar-refractivity contribution in [3.8, 4) is 5.75 Å². The van der Waals surface area contributed by atoms with Crippen LogP contribution in [0, 0.1) is 0 Å². The first kappa shape index (κ1) is 38.5. The fourth-order valence-corrected chi connectivity index (χ4v) is 6.34. The number of hydrogen-bond acceptors (Lipinski definition) is 6. The molecule has 0 aliphatic carbocycles. The van der Waals surface area contributed by atoms with Crippen LogP contribution in [0.2, 0.25) is 0 Å². The number of carbonyl (C=O) groups excluding carboxylic acids is 2. The summed E-state index contributed by atoms with van der Waals surface area (Å²) < 4.78 is 43.1. The number of nitrogens with one attached hydrogen (secondary N) is 4. The fourth-order valence-electron chi connectivity index (χ4n) is 6.34. The molecule has 4 N–H and O–H groups in total. The van der Waals surface area contributed by atoms with Crippen LogP contribution in [0.5, 0.6) is 5.75 Å². The lowest BCUT2D eigenvalue weighted by Gasteiger charge is -2.23. The molecule has 2 unspecified atom stereocenters. The van der Waals surface area contributed by atoms with Crippen molar-refractivity contribution in [3.63, 3.8) is 0 Å². The van der Waals surface area contributed by atoms with Crippen LogP contribution in [-0.4, -0.2) is 48.6 Å². The van der Waals surface area contributed by atoms with Crippen molar-refractivity contribution in [2.24, 2.45) is 0 Å². The molecule has 52 heavy (non-hydrogen) atoms. The van der Waals surface area contributed by atoms with Crippen LogP contribution in [0.4, 0.5) is 24.5 Å². The SMILES string of the molecule is CCOc1ccc(C(=O)Nc2ccc(CCC3CCCN3)cc2)nc1.O=C(Nc1ccc(CCC2CCCCN2)cc1)c1ccc(C(F)(F)F)cc1. The van der Waals surface area contributed by atoms with Crippen molar-refractivity contribution in [2.45, 2.75) is 83.0 Å². The van der Waals surface area contributed by atoms with Gasteiger partial charge in [0, 0.05) is 29.0 Å².